The van der Waals surface area contributed by atoms with Crippen LogP contribution in [0.15, 0.2) is 60.7 Å². The highest BCUT2D eigenvalue weighted by Crippen LogP contribution is 2.07. The van der Waals surface area contributed by atoms with E-state index in [1.54, 1.807) is 20.8 Å². The fourth-order valence-corrected chi connectivity index (χ4v) is 2.63. The van der Waals surface area contributed by atoms with Crippen molar-refractivity contribution in [3.63, 3.8) is 0 Å². The molecule has 0 aliphatic heterocycles. The number of esters is 1. The fourth-order valence-electron chi connectivity index (χ4n) is 2.63. The van der Waals surface area contributed by atoms with Gasteiger partial charge in [-0.1, -0.05) is 60.7 Å². The lowest BCUT2D eigenvalue weighted by Crippen LogP contribution is -2.49. The minimum absolute atomic E-state index is 0.0876. The second-order valence-corrected chi connectivity index (χ2v) is 7.75. The van der Waals surface area contributed by atoms with Crippen LogP contribution < -0.4 is 10.6 Å². The Balaban J connectivity index is 1.96. The third kappa shape index (κ3) is 8.77. The maximum Gasteiger partial charge on any atom is 0.408 e. The Morgan fingerprint density at radius 3 is 2.03 bits per heavy atom. The molecule has 0 spiro atoms. The first-order valence-corrected chi connectivity index (χ1v) is 9.73. The van der Waals surface area contributed by atoms with Gasteiger partial charge in [-0.25, -0.2) is 4.79 Å². The summed E-state index contributed by atoms with van der Waals surface area (Å²) in [5.41, 5.74) is 1.05. The molecule has 0 saturated heterocycles. The molecule has 2 amide bonds. The highest BCUT2D eigenvalue weighted by molar-refractivity contribution is 5.88. The van der Waals surface area contributed by atoms with Crippen LogP contribution in [0.1, 0.15) is 31.9 Å². The number of hydrogen-bond acceptors (Lipinski definition) is 5. The maximum atomic E-state index is 12.6. The predicted molar refractivity (Wildman–Crippen MR) is 113 cm³/mol. The molecule has 0 heterocycles. The van der Waals surface area contributed by atoms with Gasteiger partial charge in [0.1, 0.15) is 24.8 Å². The minimum atomic E-state index is -0.905. The molecule has 0 radical (unpaired) electrons. The van der Waals surface area contributed by atoms with Gasteiger partial charge in [0.2, 0.25) is 5.91 Å². The first kappa shape index (κ1) is 22.9. The first-order valence-electron chi connectivity index (χ1n) is 9.73. The summed E-state index contributed by atoms with van der Waals surface area (Å²) in [7, 11) is 0. The summed E-state index contributed by atoms with van der Waals surface area (Å²) in [6, 6.07) is 17.6. The molecule has 0 fully saturated rings. The molecule has 2 N–H and O–H groups in total. The van der Waals surface area contributed by atoms with Crippen molar-refractivity contribution < 1.29 is 23.9 Å². The molecule has 0 bridgehead atoms. The summed E-state index contributed by atoms with van der Waals surface area (Å²) in [6.45, 7) is 5.03. The molecule has 0 unspecified atom stereocenters. The van der Waals surface area contributed by atoms with Crippen LogP contribution in [0.3, 0.4) is 0 Å². The van der Waals surface area contributed by atoms with Crippen molar-refractivity contribution in [1.82, 2.24) is 10.6 Å². The number of alkyl carbamates (subject to hydrolysis) is 1. The van der Waals surface area contributed by atoms with Gasteiger partial charge in [-0.05, 0) is 31.9 Å². The van der Waals surface area contributed by atoms with Gasteiger partial charge in [0, 0.05) is 6.42 Å². The van der Waals surface area contributed by atoms with Crippen LogP contribution in [0.5, 0.6) is 0 Å². The smallest absolute Gasteiger partial charge is 0.408 e. The number of carbonyl (C=O) groups excluding carboxylic acids is 3. The van der Waals surface area contributed by atoms with Crippen LogP contribution in [0.25, 0.3) is 0 Å². The van der Waals surface area contributed by atoms with Crippen LogP contribution in [0, 0.1) is 0 Å². The molecule has 0 saturated carbocycles. The Labute approximate surface area is 176 Å². The lowest BCUT2D eigenvalue weighted by atomic mass is 10.1. The van der Waals surface area contributed by atoms with E-state index in [0.717, 1.165) is 11.1 Å². The average Bonchev–Trinajstić information content (AvgIpc) is 2.70. The first-order chi connectivity index (χ1) is 14.2. The van der Waals surface area contributed by atoms with Crippen molar-refractivity contribution in [3.8, 4) is 0 Å². The van der Waals surface area contributed by atoms with E-state index in [4.69, 9.17) is 9.47 Å². The molecule has 7 heteroatoms. The third-order valence-electron chi connectivity index (χ3n) is 3.93. The Kier molecular flexibility index (Phi) is 8.41. The van der Waals surface area contributed by atoms with Crippen molar-refractivity contribution in [2.45, 2.75) is 45.4 Å². The SMILES string of the molecule is CC(C)(C)OC(=O)CNC(=O)[C@@H](Cc1ccccc1)NC(=O)OCc1ccccc1. The summed E-state index contributed by atoms with van der Waals surface area (Å²) in [5, 5.41) is 5.10. The van der Waals surface area contributed by atoms with E-state index in [-0.39, 0.29) is 19.6 Å². The lowest BCUT2D eigenvalue weighted by Gasteiger charge is -2.21. The largest absolute Gasteiger partial charge is 0.459 e. The molecule has 0 aliphatic rings. The van der Waals surface area contributed by atoms with Crippen molar-refractivity contribution in [1.29, 1.82) is 0 Å². The predicted octanol–water partition coefficient (Wildman–Crippen LogP) is 2.98. The van der Waals surface area contributed by atoms with Gasteiger partial charge in [0.25, 0.3) is 0 Å². The van der Waals surface area contributed by atoms with E-state index in [2.05, 4.69) is 10.6 Å². The fraction of sp³-hybridized carbons (Fsp3) is 0.348. The molecule has 160 valence electrons. The van der Waals surface area contributed by atoms with Crippen molar-refractivity contribution in [2.24, 2.45) is 0 Å². The molecule has 1 atom stereocenters. The quantitative estimate of drug-likeness (QED) is 0.650. The number of ether oxygens (including phenoxy) is 2. The second kappa shape index (κ2) is 11.0. The number of hydrogen-bond donors (Lipinski definition) is 2. The summed E-state index contributed by atoms with van der Waals surface area (Å²) in [5.74, 6) is -1.05. The van der Waals surface area contributed by atoms with Gasteiger partial charge >= 0.3 is 12.1 Å². The maximum absolute atomic E-state index is 12.6. The summed E-state index contributed by atoms with van der Waals surface area (Å²) in [6.07, 6.45) is -0.464. The van der Waals surface area contributed by atoms with E-state index >= 15 is 0 Å². The average molecular weight is 412 g/mol. The van der Waals surface area contributed by atoms with Crippen LogP contribution in [0.4, 0.5) is 4.79 Å². The van der Waals surface area contributed by atoms with Gasteiger partial charge in [-0.3, -0.25) is 9.59 Å². The minimum Gasteiger partial charge on any atom is -0.459 e. The molecule has 7 nitrogen and oxygen atoms in total. The number of rotatable bonds is 8. The Hall–Kier alpha value is -3.35. The molecule has 2 aromatic rings. The zero-order valence-electron chi connectivity index (χ0n) is 17.5. The van der Waals surface area contributed by atoms with Crippen molar-refractivity contribution in [3.05, 3.63) is 71.8 Å². The Bertz CT molecular complexity index is 832. The molecule has 2 rings (SSSR count). The van der Waals surface area contributed by atoms with Crippen LogP contribution >= 0.6 is 0 Å². The van der Waals surface area contributed by atoms with Gasteiger partial charge in [0.05, 0.1) is 0 Å². The Morgan fingerprint density at radius 1 is 0.900 bits per heavy atom. The summed E-state index contributed by atoms with van der Waals surface area (Å²) < 4.78 is 10.4. The molecule has 0 aromatic heterocycles. The second-order valence-electron chi connectivity index (χ2n) is 7.75. The summed E-state index contributed by atoms with van der Waals surface area (Å²) >= 11 is 0. The van der Waals surface area contributed by atoms with Crippen molar-refractivity contribution in [2.75, 3.05) is 6.54 Å². The molecular weight excluding hydrogens is 384 g/mol. The number of carbonyl (C=O) groups is 3. The number of benzene rings is 2. The lowest BCUT2D eigenvalue weighted by molar-refractivity contribution is -0.154. The van der Waals surface area contributed by atoms with E-state index in [1.165, 1.54) is 0 Å². The van der Waals surface area contributed by atoms with Crippen LogP contribution in [0.2, 0.25) is 0 Å². The highest BCUT2D eigenvalue weighted by Gasteiger charge is 2.24. The third-order valence-corrected chi connectivity index (χ3v) is 3.93. The van der Waals surface area contributed by atoms with Gasteiger partial charge in [-0.2, -0.15) is 0 Å². The van der Waals surface area contributed by atoms with Crippen molar-refractivity contribution >= 4 is 18.0 Å². The van der Waals surface area contributed by atoms with E-state index in [9.17, 15) is 14.4 Å². The highest BCUT2D eigenvalue weighted by atomic mass is 16.6. The van der Waals surface area contributed by atoms with Gasteiger partial charge < -0.3 is 20.1 Å². The van der Waals surface area contributed by atoms with Gasteiger partial charge in [0.15, 0.2) is 0 Å². The van der Waals surface area contributed by atoms with Crippen LogP contribution in [-0.2, 0) is 32.1 Å². The monoisotopic (exact) mass is 412 g/mol. The Morgan fingerprint density at radius 2 is 1.47 bits per heavy atom. The van der Waals surface area contributed by atoms with E-state index in [1.807, 2.05) is 60.7 Å². The standard InChI is InChI=1S/C23H28N2O5/c1-23(2,3)30-20(26)15-24-21(27)19(14-17-10-6-4-7-11-17)25-22(28)29-16-18-12-8-5-9-13-18/h4-13,19H,14-16H2,1-3H3,(H,24,27)(H,25,28)/t19-/m1/s1. The zero-order valence-corrected chi connectivity index (χ0v) is 17.5. The van der Waals surface area contributed by atoms with E-state index in [0.29, 0.717) is 0 Å². The molecule has 2 aromatic carbocycles. The van der Waals surface area contributed by atoms with Crippen LogP contribution in [-0.4, -0.2) is 36.2 Å². The molecule has 0 aliphatic carbocycles. The normalized spacial score (nSPS) is 11.8. The molecular formula is C23H28N2O5. The van der Waals surface area contributed by atoms with Gasteiger partial charge in [-0.15, -0.1) is 0 Å². The number of amides is 2. The molecule has 30 heavy (non-hydrogen) atoms. The zero-order chi connectivity index (χ0) is 22.0. The number of nitrogens with one attached hydrogen (secondary N) is 2. The van der Waals surface area contributed by atoms with E-state index < -0.39 is 29.6 Å². The topological polar surface area (TPSA) is 93.7 Å². The summed E-state index contributed by atoms with van der Waals surface area (Å²) in [4.78, 5) is 36.8.